The number of hydrogen-bond acceptors (Lipinski definition) is 4. The van der Waals surface area contributed by atoms with Crippen LogP contribution in [0.15, 0.2) is 95.4 Å². The van der Waals surface area contributed by atoms with Crippen molar-refractivity contribution in [3.8, 4) is 5.75 Å². The van der Waals surface area contributed by atoms with Crippen LogP contribution in [-0.4, -0.2) is 16.7 Å². The van der Waals surface area contributed by atoms with E-state index in [1.165, 1.54) is 12.1 Å². The molecule has 4 heteroatoms. The maximum atomic E-state index is 12.9. The van der Waals surface area contributed by atoms with Crippen molar-refractivity contribution >= 4 is 39.4 Å². The Labute approximate surface area is 190 Å². The minimum atomic E-state index is -0.334. The van der Waals surface area contributed by atoms with E-state index in [4.69, 9.17) is 4.42 Å². The van der Waals surface area contributed by atoms with Gasteiger partial charge in [0.15, 0.2) is 11.5 Å². The Kier molecular flexibility index (Phi) is 5.11. The molecule has 4 aromatic carbocycles. The minimum Gasteiger partial charge on any atom is -0.507 e. The van der Waals surface area contributed by atoms with Crippen molar-refractivity contribution in [1.29, 1.82) is 0 Å². The molecular weight excluding hydrogens is 412 g/mol. The fraction of sp³-hybridized carbons (Fsp3) is 0.0345. The second-order valence-electron chi connectivity index (χ2n) is 7.88. The van der Waals surface area contributed by atoms with Crippen LogP contribution in [0.5, 0.6) is 5.75 Å². The van der Waals surface area contributed by atoms with Crippen LogP contribution in [0, 0.1) is 6.92 Å². The Balaban J connectivity index is 1.51. The standard InChI is InChI=1S/C29H20O4/c1-18-23-16-24(25(30)15-14-20-12-7-11-19-8-5-6-13-22(19)20)26(31)17-27(23)33-29(18)28(32)21-9-3-2-4-10-21/h2-17,31H,1H3/b15-14+. The Morgan fingerprint density at radius 3 is 2.39 bits per heavy atom. The summed E-state index contributed by atoms with van der Waals surface area (Å²) in [5.74, 6) is -0.569. The van der Waals surface area contributed by atoms with Crippen molar-refractivity contribution in [2.75, 3.05) is 0 Å². The van der Waals surface area contributed by atoms with Gasteiger partial charge in [-0.15, -0.1) is 0 Å². The first-order chi connectivity index (χ1) is 16.0. The van der Waals surface area contributed by atoms with Gasteiger partial charge in [0.1, 0.15) is 11.3 Å². The molecule has 5 aromatic rings. The highest BCUT2D eigenvalue weighted by atomic mass is 16.3. The van der Waals surface area contributed by atoms with Crippen molar-refractivity contribution in [1.82, 2.24) is 0 Å². The number of phenolic OH excluding ortho intramolecular Hbond substituents is 1. The molecule has 0 atom stereocenters. The third-order valence-electron chi connectivity index (χ3n) is 5.80. The number of hydrogen-bond donors (Lipinski definition) is 1. The van der Waals surface area contributed by atoms with Crippen LogP contribution in [0.4, 0.5) is 0 Å². The maximum absolute atomic E-state index is 12.9. The van der Waals surface area contributed by atoms with Crippen LogP contribution in [0.2, 0.25) is 0 Å². The average molecular weight is 432 g/mol. The minimum absolute atomic E-state index is 0.154. The number of carbonyl (C=O) groups excluding carboxylic acids is 2. The second-order valence-corrected chi connectivity index (χ2v) is 7.88. The van der Waals surface area contributed by atoms with Crippen LogP contribution < -0.4 is 0 Å². The Bertz CT molecular complexity index is 1550. The van der Waals surface area contributed by atoms with Gasteiger partial charge in [0.2, 0.25) is 5.78 Å². The molecule has 5 rings (SSSR count). The number of fused-ring (bicyclic) bond motifs is 2. The number of furan rings is 1. The molecule has 0 radical (unpaired) electrons. The van der Waals surface area contributed by atoms with E-state index < -0.39 is 0 Å². The third-order valence-corrected chi connectivity index (χ3v) is 5.80. The lowest BCUT2D eigenvalue weighted by Gasteiger charge is -2.03. The lowest BCUT2D eigenvalue weighted by Crippen LogP contribution is -2.00. The molecule has 0 saturated carbocycles. The molecule has 0 aliphatic carbocycles. The molecule has 0 bridgehead atoms. The van der Waals surface area contributed by atoms with Crippen molar-refractivity contribution in [2.45, 2.75) is 6.92 Å². The zero-order chi connectivity index (χ0) is 22.9. The number of carbonyl (C=O) groups is 2. The molecule has 1 N–H and O–H groups in total. The largest absolute Gasteiger partial charge is 0.507 e. The van der Waals surface area contributed by atoms with Gasteiger partial charge in [-0.1, -0.05) is 78.9 Å². The number of allylic oxidation sites excluding steroid dienone is 1. The van der Waals surface area contributed by atoms with Crippen LogP contribution >= 0.6 is 0 Å². The van der Waals surface area contributed by atoms with Gasteiger partial charge in [0.05, 0.1) is 5.56 Å². The van der Waals surface area contributed by atoms with Crippen molar-refractivity contribution in [2.24, 2.45) is 0 Å². The second kappa shape index (κ2) is 8.24. The van der Waals surface area contributed by atoms with E-state index in [-0.39, 0.29) is 28.6 Å². The summed E-state index contributed by atoms with van der Waals surface area (Å²) in [6.45, 7) is 1.78. The summed E-state index contributed by atoms with van der Waals surface area (Å²) in [7, 11) is 0. The first-order valence-electron chi connectivity index (χ1n) is 10.6. The quantitative estimate of drug-likeness (QED) is 0.247. The summed E-state index contributed by atoms with van der Waals surface area (Å²) in [6, 6.07) is 25.7. The predicted molar refractivity (Wildman–Crippen MR) is 130 cm³/mol. The topological polar surface area (TPSA) is 67.5 Å². The lowest BCUT2D eigenvalue weighted by molar-refractivity contribution is 0.101. The van der Waals surface area contributed by atoms with Crippen molar-refractivity contribution in [3.05, 3.63) is 119 Å². The van der Waals surface area contributed by atoms with Crippen molar-refractivity contribution < 1.29 is 19.1 Å². The lowest BCUT2D eigenvalue weighted by atomic mass is 10.0. The fourth-order valence-corrected chi connectivity index (χ4v) is 4.04. The van der Waals surface area contributed by atoms with Gasteiger partial charge >= 0.3 is 0 Å². The molecule has 0 amide bonds. The summed E-state index contributed by atoms with van der Waals surface area (Å²) < 4.78 is 5.77. The van der Waals surface area contributed by atoms with Crippen LogP contribution in [-0.2, 0) is 0 Å². The van der Waals surface area contributed by atoms with Gasteiger partial charge in [-0.2, -0.15) is 0 Å². The average Bonchev–Trinajstić information content (AvgIpc) is 3.17. The number of phenols is 1. The number of benzene rings is 4. The summed E-state index contributed by atoms with van der Waals surface area (Å²) in [4.78, 5) is 25.8. The van der Waals surface area contributed by atoms with Crippen molar-refractivity contribution in [3.63, 3.8) is 0 Å². The zero-order valence-corrected chi connectivity index (χ0v) is 17.9. The smallest absolute Gasteiger partial charge is 0.228 e. The SMILES string of the molecule is Cc1c(C(=O)c2ccccc2)oc2cc(O)c(C(=O)/C=C/c3cccc4ccccc34)cc12. The molecular formula is C29H20O4. The fourth-order valence-electron chi connectivity index (χ4n) is 4.04. The summed E-state index contributed by atoms with van der Waals surface area (Å²) in [5.41, 5.74) is 2.57. The first-order valence-corrected chi connectivity index (χ1v) is 10.6. The molecule has 33 heavy (non-hydrogen) atoms. The van der Waals surface area contributed by atoms with Crippen LogP contribution in [0.25, 0.3) is 27.8 Å². The Hall–Kier alpha value is -4.44. The third kappa shape index (κ3) is 3.72. The van der Waals surface area contributed by atoms with Gasteiger partial charge in [0, 0.05) is 22.6 Å². The molecule has 1 heterocycles. The predicted octanol–water partition coefficient (Wildman–Crippen LogP) is 6.73. The van der Waals surface area contributed by atoms with E-state index in [2.05, 4.69) is 0 Å². The molecule has 0 aliphatic heterocycles. The van der Waals surface area contributed by atoms with Crippen LogP contribution in [0.1, 0.15) is 37.6 Å². The van der Waals surface area contributed by atoms with E-state index in [0.29, 0.717) is 22.1 Å². The zero-order valence-electron chi connectivity index (χ0n) is 17.9. The van der Waals surface area contributed by atoms with Crippen LogP contribution in [0.3, 0.4) is 0 Å². The molecule has 4 nitrogen and oxygen atoms in total. The number of aryl methyl sites for hydroxylation is 1. The van der Waals surface area contributed by atoms with E-state index in [1.807, 2.05) is 48.5 Å². The Morgan fingerprint density at radius 1 is 0.848 bits per heavy atom. The normalized spacial score (nSPS) is 11.4. The molecule has 1 aromatic heterocycles. The van der Waals surface area contributed by atoms with E-state index in [9.17, 15) is 14.7 Å². The Morgan fingerprint density at radius 2 is 1.58 bits per heavy atom. The summed E-state index contributed by atoms with van der Waals surface area (Å²) >= 11 is 0. The van der Waals surface area contributed by atoms with Gasteiger partial charge in [-0.25, -0.2) is 0 Å². The van der Waals surface area contributed by atoms with Gasteiger partial charge in [-0.05, 0) is 35.4 Å². The molecule has 0 aliphatic rings. The highest BCUT2D eigenvalue weighted by Gasteiger charge is 2.21. The molecule has 0 spiro atoms. The molecule has 160 valence electrons. The van der Waals surface area contributed by atoms with Gasteiger partial charge in [-0.3, -0.25) is 9.59 Å². The molecule has 0 unspecified atom stereocenters. The number of rotatable bonds is 5. The summed E-state index contributed by atoms with van der Waals surface area (Å²) in [6.07, 6.45) is 3.20. The van der Waals surface area contributed by atoms with E-state index in [0.717, 1.165) is 16.3 Å². The van der Waals surface area contributed by atoms with E-state index >= 15 is 0 Å². The first kappa shape index (κ1) is 20.5. The summed E-state index contributed by atoms with van der Waals surface area (Å²) in [5, 5.41) is 13.2. The highest BCUT2D eigenvalue weighted by Crippen LogP contribution is 2.33. The number of ketones is 2. The molecule has 0 fully saturated rings. The van der Waals surface area contributed by atoms with Gasteiger partial charge in [0.25, 0.3) is 0 Å². The number of aromatic hydroxyl groups is 1. The highest BCUT2D eigenvalue weighted by molar-refractivity contribution is 6.13. The van der Waals surface area contributed by atoms with E-state index in [1.54, 1.807) is 43.3 Å². The maximum Gasteiger partial charge on any atom is 0.228 e. The van der Waals surface area contributed by atoms with Gasteiger partial charge < -0.3 is 9.52 Å². The monoisotopic (exact) mass is 432 g/mol. The molecule has 0 saturated heterocycles.